The Balaban J connectivity index is 2.03. The highest BCUT2D eigenvalue weighted by molar-refractivity contribution is 5.96. The Morgan fingerprint density at radius 1 is 1.04 bits per heavy atom. The predicted octanol–water partition coefficient (Wildman–Crippen LogP) is 4.10. The average Bonchev–Trinajstić information content (AvgIpc) is 2.62. The molecule has 0 radical (unpaired) electrons. The standard InChI is InChI=1S/C18H16F3NO3/c1-3-15(23)11-4-6-12(7-5-11)25-10(2)18(24)22-14-9-8-13(19)16(20)17(14)21/h4-10H,3H2,1-2H3,(H,22,24)/t10-/m0/s1. The maximum absolute atomic E-state index is 13.6. The number of ketones is 1. The van der Waals surface area contributed by atoms with Crippen LogP contribution in [0.2, 0.25) is 0 Å². The number of amides is 1. The predicted molar refractivity (Wildman–Crippen MR) is 86.1 cm³/mol. The minimum Gasteiger partial charge on any atom is -0.481 e. The molecule has 2 rings (SSSR count). The lowest BCUT2D eigenvalue weighted by atomic mass is 10.1. The van der Waals surface area contributed by atoms with Crippen LogP contribution in [0.4, 0.5) is 18.9 Å². The Morgan fingerprint density at radius 3 is 2.28 bits per heavy atom. The van der Waals surface area contributed by atoms with Crippen molar-refractivity contribution in [1.82, 2.24) is 0 Å². The molecule has 0 aliphatic rings. The summed E-state index contributed by atoms with van der Waals surface area (Å²) in [6.07, 6.45) is -0.654. The molecule has 0 aliphatic heterocycles. The Morgan fingerprint density at radius 2 is 1.68 bits per heavy atom. The summed E-state index contributed by atoms with van der Waals surface area (Å²) in [4.78, 5) is 23.6. The summed E-state index contributed by atoms with van der Waals surface area (Å²) in [5.74, 6) is -4.92. The van der Waals surface area contributed by atoms with Crippen molar-refractivity contribution in [2.24, 2.45) is 0 Å². The van der Waals surface area contributed by atoms with Gasteiger partial charge in [0.1, 0.15) is 5.75 Å². The van der Waals surface area contributed by atoms with Gasteiger partial charge < -0.3 is 10.1 Å². The van der Waals surface area contributed by atoms with Crippen LogP contribution in [0.3, 0.4) is 0 Å². The fourth-order valence-electron chi connectivity index (χ4n) is 2.04. The first-order chi connectivity index (χ1) is 11.8. The van der Waals surface area contributed by atoms with Gasteiger partial charge in [-0.25, -0.2) is 13.2 Å². The molecule has 2 aromatic carbocycles. The van der Waals surface area contributed by atoms with Crippen LogP contribution in [0.25, 0.3) is 0 Å². The second-order valence-electron chi connectivity index (χ2n) is 5.27. The molecule has 0 heterocycles. The van der Waals surface area contributed by atoms with Crippen molar-refractivity contribution >= 4 is 17.4 Å². The van der Waals surface area contributed by atoms with Crippen molar-refractivity contribution in [2.75, 3.05) is 5.32 Å². The van der Waals surface area contributed by atoms with Crippen molar-refractivity contribution in [1.29, 1.82) is 0 Å². The molecule has 0 aromatic heterocycles. The molecule has 0 unspecified atom stereocenters. The lowest BCUT2D eigenvalue weighted by Crippen LogP contribution is -2.30. The number of halogens is 3. The van der Waals surface area contributed by atoms with Crippen LogP contribution < -0.4 is 10.1 Å². The molecule has 1 N–H and O–H groups in total. The lowest BCUT2D eigenvalue weighted by Gasteiger charge is -2.15. The third kappa shape index (κ3) is 4.37. The molecular weight excluding hydrogens is 335 g/mol. The van der Waals surface area contributed by atoms with Crippen molar-refractivity contribution in [3.8, 4) is 5.75 Å². The molecule has 4 nitrogen and oxygen atoms in total. The molecule has 0 spiro atoms. The topological polar surface area (TPSA) is 55.4 Å². The van der Waals surface area contributed by atoms with E-state index in [0.717, 1.165) is 6.07 Å². The first kappa shape index (κ1) is 18.5. The SMILES string of the molecule is CCC(=O)c1ccc(O[C@@H](C)C(=O)Nc2ccc(F)c(F)c2F)cc1. The third-order valence-corrected chi connectivity index (χ3v) is 3.47. The minimum atomic E-state index is -1.66. The van der Waals surface area contributed by atoms with E-state index in [1.54, 1.807) is 19.1 Å². The zero-order valence-corrected chi connectivity index (χ0v) is 13.6. The highest BCUT2D eigenvalue weighted by Crippen LogP contribution is 2.20. The van der Waals surface area contributed by atoms with Crippen molar-refractivity contribution in [3.63, 3.8) is 0 Å². The second-order valence-corrected chi connectivity index (χ2v) is 5.27. The summed E-state index contributed by atoms with van der Waals surface area (Å²) < 4.78 is 45.0. The molecule has 0 bridgehead atoms. The number of hydrogen-bond donors (Lipinski definition) is 1. The Bertz CT molecular complexity index is 791. The van der Waals surface area contributed by atoms with E-state index in [9.17, 15) is 22.8 Å². The van der Waals surface area contributed by atoms with E-state index in [2.05, 4.69) is 5.32 Å². The molecule has 0 saturated carbocycles. The quantitative estimate of drug-likeness (QED) is 0.630. The molecule has 7 heteroatoms. The Hall–Kier alpha value is -2.83. The Labute approximate surface area is 142 Å². The molecule has 1 amide bonds. The lowest BCUT2D eigenvalue weighted by molar-refractivity contribution is -0.122. The van der Waals surface area contributed by atoms with Crippen LogP contribution in [-0.4, -0.2) is 17.8 Å². The number of anilines is 1. The average molecular weight is 351 g/mol. The van der Waals surface area contributed by atoms with Crippen LogP contribution in [0.15, 0.2) is 36.4 Å². The van der Waals surface area contributed by atoms with Gasteiger partial charge >= 0.3 is 0 Å². The number of nitrogens with one attached hydrogen (secondary N) is 1. The number of carbonyl (C=O) groups excluding carboxylic acids is 2. The fraction of sp³-hybridized carbons (Fsp3) is 0.222. The number of benzene rings is 2. The van der Waals surface area contributed by atoms with Crippen LogP contribution in [-0.2, 0) is 4.79 Å². The van der Waals surface area contributed by atoms with E-state index in [4.69, 9.17) is 4.74 Å². The maximum atomic E-state index is 13.6. The summed E-state index contributed by atoms with van der Waals surface area (Å²) >= 11 is 0. The van der Waals surface area contributed by atoms with Crippen LogP contribution in [0, 0.1) is 17.5 Å². The van der Waals surface area contributed by atoms with Crippen LogP contribution in [0.5, 0.6) is 5.75 Å². The van der Waals surface area contributed by atoms with Gasteiger partial charge in [0.15, 0.2) is 29.3 Å². The van der Waals surface area contributed by atoms with Crippen molar-refractivity contribution in [3.05, 3.63) is 59.4 Å². The van der Waals surface area contributed by atoms with Crippen molar-refractivity contribution < 1.29 is 27.5 Å². The van der Waals surface area contributed by atoms with E-state index in [-0.39, 0.29) is 5.78 Å². The summed E-state index contributed by atoms with van der Waals surface area (Å²) in [7, 11) is 0. The molecule has 0 fully saturated rings. The fourth-order valence-corrected chi connectivity index (χ4v) is 2.04. The smallest absolute Gasteiger partial charge is 0.265 e. The summed E-state index contributed by atoms with van der Waals surface area (Å²) in [6, 6.07) is 7.84. The van der Waals surface area contributed by atoms with E-state index in [1.165, 1.54) is 19.1 Å². The molecule has 25 heavy (non-hydrogen) atoms. The molecule has 0 saturated heterocycles. The van der Waals surface area contributed by atoms with E-state index >= 15 is 0 Å². The number of ether oxygens (including phenoxy) is 1. The highest BCUT2D eigenvalue weighted by atomic mass is 19.2. The number of carbonyl (C=O) groups is 2. The monoisotopic (exact) mass is 351 g/mol. The van der Waals surface area contributed by atoms with Gasteiger partial charge in [0.2, 0.25) is 0 Å². The van der Waals surface area contributed by atoms with E-state index < -0.39 is 35.2 Å². The van der Waals surface area contributed by atoms with Gasteiger partial charge in [0, 0.05) is 12.0 Å². The molecule has 132 valence electrons. The van der Waals surface area contributed by atoms with Crippen LogP contribution >= 0.6 is 0 Å². The molecule has 2 aromatic rings. The maximum Gasteiger partial charge on any atom is 0.265 e. The zero-order valence-electron chi connectivity index (χ0n) is 13.6. The minimum absolute atomic E-state index is 0.0221. The highest BCUT2D eigenvalue weighted by Gasteiger charge is 2.19. The molecular formula is C18H16F3NO3. The Kier molecular flexibility index (Phi) is 5.80. The number of hydrogen-bond acceptors (Lipinski definition) is 3. The third-order valence-electron chi connectivity index (χ3n) is 3.47. The van der Waals surface area contributed by atoms with Gasteiger partial charge in [-0.05, 0) is 43.3 Å². The van der Waals surface area contributed by atoms with Gasteiger partial charge in [-0.2, -0.15) is 0 Å². The largest absolute Gasteiger partial charge is 0.481 e. The van der Waals surface area contributed by atoms with Gasteiger partial charge in [0.05, 0.1) is 5.69 Å². The van der Waals surface area contributed by atoms with E-state index in [0.29, 0.717) is 23.8 Å². The van der Waals surface area contributed by atoms with Crippen molar-refractivity contribution in [2.45, 2.75) is 26.4 Å². The normalized spacial score (nSPS) is 11.7. The first-order valence-corrected chi connectivity index (χ1v) is 7.57. The number of Topliss-reactive ketones (excluding diaryl/α,β-unsaturated/α-hetero) is 1. The van der Waals surface area contributed by atoms with E-state index in [1.807, 2.05) is 0 Å². The number of rotatable bonds is 6. The first-order valence-electron chi connectivity index (χ1n) is 7.57. The summed E-state index contributed by atoms with van der Waals surface area (Å²) in [5.41, 5.74) is 0.0408. The van der Waals surface area contributed by atoms with Gasteiger partial charge in [0.25, 0.3) is 5.91 Å². The van der Waals surface area contributed by atoms with Gasteiger partial charge in [-0.15, -0.1) is 0 Å². The zero-order chi connectivity index (χ0) is 18.6. The summed E-state index contributed by atoms with van der Waals surface area (Å²) in [6.45, 7) is 3.16. The van der Waals surface area contributed by atoms with Crippen LogP contribution in [0.1, 0.15) is 30.6 Å². The molecule has 1 atom stereocenters. The second kappa shape index (κ2) is 7.83. The van der Waals surface area contributed by atoms with Gasteiger partial charge in [-0.3, -0.25) is 9.59 Å². The molecule has 0 aliphatic carbocycles. The summed E-state index contributed by atoms with van der Waals surface area (Å²) in [5, 5.41) is 2.14. The van der Waals surface area contributed by atoms with Gasteiger partial charge in [-0.1, -0.05) is 6.92 Å².